The zero-order valence-electron chi connectivity index (χ0n) is 15.6. The molecule has 1 aliphatic heterocycles. The molecule has 2 rings (SSSR count). The van der Waals surface area contributed by atoms with Crippen LogP contribution in [0.1, 0.15) is 71.6 Å². The summed E-state index contributed by atoms with van der Waals surface area (Å²) in [6, 6.07) is 0.196. The van der Waals surface area contributed by atoms with Crippen molar-refractivity contribution in [3.63, 3.8) is 0 Å². The third-order valence-electron chi connectivity index (χ3n) is 6.02. The van der Waals surface area contributed by atoms with Gasteiger partial charge in [-0.2, -0.15) is 0 Å². The van der Waals surface area contributed by atoms with Crippen molar-refractivity contribution in [1.29, 1.82) is 0 Å². The van der Waals surface area contributed by atoms with Gasteiger partial charge in [0.2, 0.25) is 0 Å². The Kier molecular flexibility index (Phi) is 7.82. The zero-order valence-corrected chi connectivity index (χ0v) is 15.6. The Morgan fingerprint density at radius 2 is 1.83 bits per heavy atom. The molecular formula is C19H37N3O2. The number of nitrogens with zero attached hydrogens (tertiary/aromatic N) is 1. The summed E-state index contributed by atoms with van der Waals surface area (Å²) in [5, 5.41) is 15.3. The van der Waals surface area contributed by atoms with Crippen LogP contribution in [0.5, 0.6) is 0 Å². The SMILES string of the molecule is CCC(C)(CCO)NC(=O)NC1CCN(CC2CCCCC2)CC1. The topological polar surface area (TPSA) is 64.6 Å². The first-order valence-corrected chi connectivity index (χ1v) is 9.96. The first-order chi connectivity index (χ1) is 11.5. The Labute approximate surface area is 147 Å². The van der Waals surface area contributed by atoms with Crippen molar-refractivity contribution in [1.82, 2.24) is 15.5 Å². The third-order valence-corrected chi connectivity index (χ3v) is 6.02. The van der Waals surface area contributed by atoms with E-state index in [1.54, 1.807) is 0 Å². The Balaban J connectivity index is 1.67. The fraction of sp³-hybridized carbons (Fsp3) is 0.947. The molecule has 0 aromatic heterocycles. The van der Waals surface area contributed by atoms with Gasteiger partial charge in [-0.1, -0.05) is 26.2 Å². The molecular weight excluding hydrogens is 302 g/mol. The molecule has 1 saturated heterocycles. The lowest BCUT2D eigenvalue weighted by atomic mass is 9.88. The summed E-state index contributed by atoms with van der Waals surface area (Å²) in [6.45, 7) is 7.59. The maximum absolute atomic E-state index is 12.2. The fourth-order valence-corrected chi connectivity index (χ4v) is 4.06. The van der Waals surface area contributed by atoms with Gasteiger partial charge in [0, 0.05) is 37.8 Å². The van der Waals surface area contributed by atoms with Gasteiger partial charge >= 0.3 is 6.03 Å². The molecule has 1 atom stereocenters. The van der Waals surface area contributed by atoms with Crippen LogP contribution in [0.15, 0.2) is 0 Å². The van der Waals surface area contributed by atoms with Crippen LogP contribution in [-0.2, 0) is 0 Å². The van der Waals surface area contributed by atoms with Crippen LogP contribution in [0.25, 0.3) is 0 Å². The molecule has 5 nitrogen and oxygen atoms in total. The molecule has 24 heavy (non-hydrogen) atoms. The molecule has 0 aromatic carbocycles. The van der Waals surface area contributed by atoms with Gasteiger partial charge in [-0.3, -0.25) is 0 Å². The summed E-state index contributed by atoms with van der Waals surface area (Å²) in [5.74, 6) is 0.898. The lowest BCUT2D eigenvalue weighted by Crippen LogP contribution is -2.54. The highest BCUT2D eigenvalue weighted by atomic mass is 16.3. The van der Waals surface area contributed by atoms with E-state index < -0.39 is 0 Å². The van der Waals surface area contributed by atoms with E-state index in [1.165, 1.54) is 38.6 Å². The second-order valence-electron chi connectivity index (χ2n) is 8.07. The second kappa shape index (κ2) is 9.62. The molecule has 0 radical (unpaired) electrons. The lowest BCUT2D eigenvalue weighted by molar-refractivity contribution is 0.153. The van der Waals surface area contributed by atoms with Crippen LogP contribution < -0.4 is 10.6 Å². The normalized spacial score (nSPS) is 23.6. The second-order valence-corrected chi connectivity index (χ2v) is 8.07. The van der Waals surface area contributed by atoms with Crippen LogP contribution in [0.3, 0.4) is 0 Å². The van der Waals surface area contributed by atoms with Crippen molar-refractivity contribution in [3.05, 3.63) is 0 Å². The molecule has 0 bridgehead atoms. The molecule has 0 aromatic rings. The van der Waals surface area contributed by atoms with E-state index in [0.29, 0.717) is 6.42 Å². The van der Waals surface area contributed by atoms with E-state index >= 15 is 0 Å². The van der Waals surface area contributed by atoms with Crippen molar-refractivity contribution < 1.29 is 9.90 Å². The van der Waals surface area contributed by atoms with Crippen molar-refractivity contribution in [2.75, 3.05) is 26.2 Å². The molecule has 1 saturated carbocycles. The monoisotopic (exact) mass is 339 g/mol. The summed E-state index contributed by atoms with van der Waals surface area (Å²) in [6.07, 6.45) is 10.6. The number of carbonyl (C=O) groups is 1. The molecule has 1 unspecified atom stereocenters. The van der Waals surface area contributed by atoms with Gasteiger partial charge in [-0.05, 0) is 51.4 Å². The minimum atomic E-state index is -0.319. The number of rotatable bonds is 7. The quantitative estimate of drug-likeness (QED) is 0.668. The smallest absolute Gasteiger partial charge is 0.315 e. The van der Waals surface area contributed by atoms with Gasteiger partial charge in [0.15, 0.2) is 0 Å². The first kappa shape index (κ1) is 19.5. The molecule has 0 spiro atoms. The van der Waals surface area contributed by atoms with Gasteiger partial charge in [0.05, 0.1) is 0 Å². The van der Waals surface area contributed by atoms with E-state index in [1.807, 2.05) is 13.8 Å². The fourth-order valence-electron chi connectivity index (χ4n) is 4.06. The predicted octanol–water partition coefficient (Wildman–Crippen LogP) is 2.88. The average molecular weight is 340 g/mol. The van der Waals surface area contributed by atoms with E-state index in [2.05, 4.69) is 15.5 Å². The Morgan fingerprint density at radius 1 is 1.17 bits per heavy atom. The number of aliphatic hydroxyl groups is 1. The number of amides is 2. The summed E-state index contributed by atoms with van der Waals surface area (Å²) >= 11 is 0. The number of carbonyl (C=O) groups excluding carboxylic acids is 1. The number of hydrogen-bond donors (Lipinski definition) is 3. The molecule has 3 N–H and O–H groups in total. The summed E-state index contributed by atoms with van der Waals surface area (Å²) in [5.41, 5.74) is -0.319. The van der Waals surface area contributed by atoms with Gasteiger partial charge in [-0.15, -0.1) is 0 Å². The minimum Gasteiger partial charge on any atom is -0.396 e. The van der Waals surface area contributed by atoms with E-state index in [4.69, 9.17) is 5.11 Å². The number of hydrogen-bond acceptors (Lipinski definition) is 3. The van der Waals surface area contributed by atoms with Crippen molar-refractivity contribution in [3.8, 4) is 0 Å². The largest absolute Gasteiger partial charge is 0.396 e. The number of aliphatic hydroxyl groups excluding tert-OH is 1. The van der Waals surface area contributed by atoms with E-state index in [9.17, 15) is 4.79 Å². The summed E-state index contributed by atoms with van der Waals surface area (Å²) < 4.78 is 0. The lowest BCUT2D eigenvalue weighted by Gasteiger charge is -2.36. The van der Waals surface area contributed by atoms with Crippen LogP contribution in [0, 0.1) is 5.92 Å². The number of piperidine rings is 1. The van der Waals surface area contributed by atoms with Gasteiger partial charge in [0.1, 0.15) is 0 Å². The van der Waals surface area contributed by atoms with Crippen LogP contribution in [-0.4, -0.2) is 53.9 Å². The average Bonchev–Trinajstić information content (AvgIpc) is 2.57. The predicted molar refractivity (Wildman–Crippen MR) is 98.1 cm³/mol. The van der Waals surface area contributed by atoms with E-state index in [0.717, 1.165) is 38.3 Å². The Hall–Kier alpha value is -0.810. The van der Waals surface area contributed by atoms with Crippen LogP contribution in [0.4, 0.5) is 4.79 Å². The van der Waals surface area contributed by atoms with Crippen LogP contribution >= 0.6 is 0 Å². The van der Waals surface area contributed by atoms with Gasteiger partial charge < -0.3 is 20.6 Å². The van der Waals surface area contributed by atoms with Crippen molar-refractivity contribution in [2.24, 2.45) is 5.92 Å². The first-order valence-electron chi connectivity index (χ1n) is 9.96. The Morgan fingerprint density at radius 3 is 2.42 bits per heavy atom. The summed E-state index contributed by atoms with van der Waals surface area (Å²) in [7, 11) is 0. The van der Waals surface area contributed by atoms with E-state index in [-0.39, 0.29) is 24.2 Å². The summed E-state index contributed by atoms with van der Waals surface area (Å²) in [4.78, 5) is 14.8. The number of nitrogens with one attached hydrogen (secondary N) is 2. The minimum absolute atomic E-state index is 0.0847. The maximum atomic E-state index is 12.2. The Bertz CT molecular complexity index is 377. The molecule has 2 fully saturated rings. The molecule has 2 aliphatic rings. The number of urea groups is 1. The van der Waals surface area contributed by atoms with Gasteiger partial charge in [0.25, 0.3) is 0 Å². The molecule has 2 amide bonds. The highest BCUT2D eigenvalue weighted by molar-refractivity contribution is 5.75. The molecule has 1 heterocycles. The maximum Gasteiger partial charge on any atom is 0.315 e. The highest BCUT2D eigenvalue weighted by Gasteiger charge is 2.27. The standard InChI is InChI=1S/C19H37N3O2/c1-3-19(2,11-14-23)21-18(24)20-17-9-12-22(13-10-17)15-16-7-5-4-6-8-16/h16-17,23H,3-15H2,1-2H3,(H2,20,21,24). The number of likely N-dealkylation sites (tertiary alicyclic amines) is 1. The molecule has 5 heteroatoms. The van der Waals surface area contributed by atoms with Gasteiger partial charge in [-0.25, -0.2) is 4.79 Å². The highest BCUT2D eigenvalue weighted by Crippen LogP contribution is 2.25. The zero-order chi connectivity index (χ0) is 17.4. The van der Waals surface area contributed by atoms with Crippen molar-refractivity contribution in [2.45, 2.75) is 83.2 Å². The third kappa shape index (κ3) is 6.25. The van der Waals surface area contributed by atoms with Crippen LogP contribution in [0.2, 0.25) is 0 Å². The van der Waals surface area contributed by atoms with Crippen molar-refractivity contribution >= 4 is 6.03 Å². The molecule has 140 valence electrons. The molecule has 1 aliphatic carbocycles.